The molecule has 0 atom stereocenters. The van der Waals surface area contributed by atoms with Gasteiger partial charge in [0.25, 0.3) is 0 Å². The molecule has 1 aromatic carbocycles. The maximum absolute atomic E-state index is 12.4. The van der Waals surface area contributed by atoms with E-state index in [2.05, 4.69) is 26.0 Å². The number of aryl methyl sites for hydroxylation is 1. The molecule has 2 rings (SSSR count). The van der Waals surface area contributed by atoms with Crippen LogP contribution in [-0.2, 0) is 16.6 Å². The molecule has 0 heterocycles. The predicted octanol–water partition coefficient (Wildman–Crippen LogP) is 3.09. The molecular weight excluding hydrogens is 352 g/mol. The van der Waals surface area contributed by atoms with Gasteiger partial charge in [0, 0.05) is 23.6 Å². The van der Waals surface area contributed by atoms with Crippen molar-refractivity contribution in [3.8, 4) is 0 Å². The molecule has 1 fully saturated rings. The van der Waals surface area contributed by atoms with E-state index < -0.39 is 10.0 Å². The van der Waals surface area contributed by atoms with E-state index in [1.54, 1.807) is 6.07 Å². The first-order valence-corrected chi connectivity index (χ1v) is 9.73. The van der Waals surface area contributed by atoms with Gasteiger partial charge in [-0.1, -0.05) is 19.4 Å². The van der Waals surface area contributed by atoms with E-state index in [4.69, 9.17) is 0 Å². The molecule has 1 aliphatic rings. The fraction of sp³-hybridized carbons (Fsp3) is 0.600. The van der Waals surface area contributed by atoms with E-state index in [1.165, 1.54) is 12.8 Å². The zero-order valence-corrected chi connectivity index (χ0v) is 15.0. The lowest BCUT2D eigenvalue weighted by Crippen LogP contribution is -2.25. The lowest BCUT2D eigenvalue weighted by Gasteiger charge is -2.13. The van der Waals surface area contributed by atoms with Crippen LogP contribution < -0.4 is 10.0 Å². The molecule has 0 amide bonds. The molecule has 1 aliphatic carbocycles. The van der Waals surface area contributed by atoms with Gasteiger partial charge in [-0.3, -0.25) is 0 Å². The summed E-state index contributed by atoms with van der Waals surface area (Å²) in [6, 6.07) is 4.40. The number of sulfonamides is 1. The van der Waals surface area contributed by atoms with Crippen LogP contribution in [-0.4, -0.2) is 21.0 Å². The van der Waals surface area contributed by atoms with E-state index in [1.807, 2.05) is 19.9 Å². The third kappa shape index (κ3) is 4.77. The summed E-state index contributed by atoms with van der Waals surface area (Å²) in [7, 11) is -3.46. The number of benzene rings is 1. The second-order valence-electron chi connectivity index (χ2n) is 5.63. The van der Waals surface area contributed by atoms with E-state index in [0.29, 0.717) is 22.0 Å². The summed E-state index contributed by atoms with van der Waals surface area (Å²) in [4.78, 5) is 0.339. The number of rotatable bonds is 8. The van der Waals surface area contributed by atoms with Crippen LogP contribution in [0.1, 0.15) is 43.7 Å². The van der Waals surface area contributed by atoms with Gasteiger partial charge in [0.15, 0.2) is 0 Å². The number of halogens is 1. The highest BCUT2D eigenvalue weighted by Gasteiger charge is 2.22. The molecule has 0 aliphatic heterocycles. The van der Waals surface area contributed by atoms with Crippen LogP contribution in [0.15, 0.2) is 21.5 Å². The largest absolute Gasteiger partial charge is 0.310 e. The van der Waals surface area contributed by atoms with Crippen molar-refractivity contribution >= 4 is 26.0 Å². The number of nitrogens with one attached hydrogen (secondary N) is 2. The first kappa shape index (κ1) is 16.9. The van der Waals surface area contributed by atoms with Gasteiger partial charge in [0.1, 0.15) is 0 Å². The van der Waals surface area contributed by atoms with Gasteiger partial charge in [-0.25, -0.2) is 13.1 Å². The monoisotopic (exact) mass is 374 g/mol. The van der Waals surface area contributed by atoms with E-state index in [-0.39, 0.29) is 0 Å². The smallest absolute Gasteiger partial charge is 0.241 e. The fourth-order valence-electron chi connectivity index (χ4n) is 2.12. The molecule has 6 heteroatoms. The van der Waals surface area contributed by atoms with Crippen molar-refractivity contribution in [2.24, 2.45) is 0 Å². The average Bonchev–Trinajstić information content (AvgIpc) is 3.24. The molecule has 0 spiro atoms. The van der Waals surface area contributed by atoms with Gasteiger partial charge >= 0.3 is 0 Å². The number of unbranched alkanes of at least 4 members (excludes halogenated alkanes) is 1. The van der Waals surface area contributed by atoms with Crippen molar-refractivity contribution in [2.45, 2.75) is 57.0 Å². The Morgan fingerprint density at radius 2 is 2.05 bits per heavy atom. The van der Waals surface area contributed by atoms with Gasteiger partial charge in [0.2, 0.25) is 10.0 Å². The number of hydrogen-bond donors (Lipinski definition) is 2. The Bertz CT molecular complexity index is 598. The predicted molar refractivity (Wildman–Crippen MR) is 88.8 cm³/mol. The molecule has 21 heavy (non-hydrogen) atoms. The van der Waals surface area contributed by atoms with Gasteiger partial charge in [-0.15, -0.1) is 0 Å². The SMILES string of the molecule is CCCCNS(=O)(=O)c1cc(CNC2CC2)cc(C)c1Br. The minimum Gasteiger partial charge on any atom is -0.310 e. The van der Waals surface area contributed by atoms with Crippen LogP contribution in [0.3, 0.4) is 0 Å². The molecule has 1 aromatic rings. The Labute approximate surface area is 135 Å². The highest BCUT2D eigenvalue weighted by Crippen LogP contribution is 2.28. The van der Waals surface area contributed by atoms with Crippen LogP contribution in [0.4, 0.5) is 0 Å². The Kier molecular flexibility index (Phi) is 5.82. The minimum absolute atomic E-state index is 0.339. The standard InChI is InChI=1S/C15H23BrN2O2S/c1-3-4-7-18-21(19,20)14-9-12(8-11(2)15(14)16)10-17-13-5-6-13/h8-9,13,17-18H,3-7,10H2,1-2H3. The van der Waals surface area contributed by atoms with Gasteiger partial charge in [-0.2, -0.15) is 0 Å². The van der Waals surface area contributed by atoms with Crippen molar-refractivity contribution in [3.05, 3.63) is 27.7 Å². The Morgan fingerprint density at radius 1 is 1.33 bits per heavy atom. The Morgan fingerprint density at radius 3 is 2.67 bits per heavy atom. The molecule has 0 bridgehead atoms. The highest BCUT2D eigenvalue weighted by atomic mass is 79.9. The molecule has 0 saturated heterocycles. The third-order valence-electron chi connectivity index (χ3n) is 3.57. The molecular formula is C15H23BrN2O2S. The van der Waals surface area contributed by atoms with Gasteiger partial charge in [-0.05, 0) is 59.3 Å². The van der Waals surface area contributed by atoms with Crippen molar-refractivity contribution < 1.29 is 8.42 Å². The average molecular weight is 375 g/mol. The maximum atomic E-state index is 12.4. The van der Waals surface area contributed by atoms with Crippen LogP contribution in [0.5, 0.6) is 0 Å². The molecule has 0 aromatic heterocycles. The maximum Gasteiger partial charge on any atom is 0.241 e. The molecule has 118 valence electrons. The lowest BCUT2D eigenvalue weighted by atomic mass is 10.1. The zero-order valence-electron chi connectivity index (χ0n) is 12.6. The van der Waals surface area contributed by atoms with Gasteiger partial charge < -0.3 is 5.32 Å². The van der Waals surface area contributed by atoms with Crippen molar-refractivity contribution in [1.82, 2.24) is 10.0 Å². The summed E-state index contributed by atoms with van der Waals surface area (Å²) in [6.45, 7) is 5.17. The van der Waals surface area contributed by atoms with Crippen LogP contribution in [0, 0.1) is 6.92 Å². The normalized spacial score (nSPS) is 15.4. The number of hydrogen-bond acceptors (Lipinski definition) is 3. The topological polar surface area (TPSA) is 58.2 Å². The van der Waals surface area contributed by atoms with Gasteiger partial charge in [0.05, 0.1) is 4.90 Å². The van der Waals surface area contributed by atoms with Crippen molar-refractivity contribution in [2.75, 3.05) is 6.54 Å². The van der Waals surface area contributed by atoms with E-state index in [0.717, 1.165) is 30.5 Å². The Balaban J connectivity index is 2.19. The summed E-state index contributed by atoms with van der Waals surface area (Å²) in [5, 5.41) is 3.42. The van der Waals surface area contributed by atoms with Crippen LogP contribution in [0.2, 0.25) is 0 Å². The van der Waals surface area contributed by atoms with E-state index >= 15 is 0 Å². The first-order chi connectivity index (χ1) is 9.94. The summed E-state index contributed by atoms with van der Waals surface area (Å²) in [5.74, 6) is 0. The van der Waals surface area contributed by atoms with Crippen LogP contribution in [0.25, 0.3) is 0 Å². The summed E-state index contributed by atoms with van der Waals surface area (Å²) in [6.07, 6.45) is 4.26. The van der Waals surface area contributed by atoms with Crippen LogP contribution >= 0.6 is 15.9 Å². The summed E-state index contributed by atoms with van der Waals surface area (Å²) < 4.78 is 28.2. The first-order valence-electron chi connectivity index (χ1n) is 7.46. The van der Waals surface area contributed by atoms with Crippen molar-refractivity contribution in [3.63, 3.8) is 0 Å². The molecule has 1 saturated carbocycles. The quantitative estimate of drug-likeness (QED) is 0.687. The van der Waals surface area contributed by atoms with E-state index in [9.17, 15) is 8.42 Å². The molecule has 4 nitrogen and oxygen atoms in total. The molecule has 0 unspecified atom stereocenters. The molecule has 2 N–H and O–H groups in total. The second kappa shape index (κ2) is 7.22. The third-order valence-corrected chi connectivity index (χ3v) is 6.37. The molecule has 0 radical (unpaired) electrons. The summed E-state index contributed by atoms with van der Waals surface area (Å²) >= 11 is 3.41. The highest BCUT2D eigenvalue weighted by molar-refractivity contribution is 9.10. The van der Waals surface area contributed by atoms with Crippen molar-refractivity contribution in [1.29, 1.82) is 0 Å². The second-order valence-corrected chi connectivity index (χ2v) is 8.16. The summed E-state index contributed by atoms with van der Waals surface area (Å²) in [5.41, 5.74) is 1.96. The lowest BCUT2D eigenvalue weighted by molar-refractivity contribution is 0.577. The fourth-order valence-corrected chi connectivity index (χ4v) is 4.26. The zero-order chi connectivity index (χ0) is 15.5. The minimum atomic E-state index is -3.46. The Hall–Kier alpha value is -0.430.